The van der Waals surface area contributed by atoms with Crippen molar-refractivity contribution in [3.63, 3.8) is 0 Å². The van der Waals surface area contributed by atoms with E-state index in [-0.39, 0.29) is 11.8 Å². The minimum absolute atomic E-state index is 0.0693. The van der Waals surface area contributed by atoms with Crippen LogP contribution in [0.2, 0.25) is 0 Å². The first-order valence-corrected chi connectivity index (χ1v) is 10.9. The topological polar surface area (TPSA) is 49.4 Å². The van der Waals surface area contributed by atoms with E-state index < -0.39 is 0 Å². The fourth-order valence-electron chi connectivity index (χ4n) is 3.13. The molecule has 4 rings (SSSR count). The highest BCUT2D eigenvalue weighted by Gasteiger charge is 2.27. The zero-order valence-electron chi connectivity index (χ0n) is 16.1. The Morgan fingerprint density at radius 2 is 2.00 bits per heavy atom. The first-order chi connectivity index (χ1) is 14.0. The second-order valence-electron chi connectivity index (χ2n) is 6.83. The Balaban J connectivity index is 1.56. The highest BCUT2D eigenvalue weighted by molar-refractivity contribution is 8.04. The van der Waals surface area contributed by atoms with Gasteiger partial charge in [-0.3, -0.25) is 9.59 Å². The van der Waals surface area contributed by atoms with Crippen molar-refractivity contribution in [3.8, 4) is 0 Å². The lowest BCUT2D eigenvalue weighted by atomic mass is 10.1. The number of benzene rings is 2. The van der Waals surface area contributed by atoms with Crippen LogP contribution < -0.4 is 10.2 Å². The average Bonchev–Trinajstić information content (AvgIpc) is 3.23. The van der Waals surface area contributed by atoms with Gasteiger partial charge in [-0.2, -0.15) is 0 Å². The number of aryl methyl sites for hydroxylation is 1. The summed E-state index contributed by atoms with van der Waals surface area (Å²) < 4.78 is 0. The van der Waals surface area contributed by atoms with Crippen LogP contribution in [-0.2, 0) is 11.3 Å². The molecule has 1 N–H and O–H groups in total. The van der Waals surface area contributed by atoms with E-state index >= 15 is 0 Å². The molecule has 0 bridgehead atoms. The number of fused-ring (bicyclic) bond motifs is 1. The maximum atomic E-state index is 12.9. The molecule has 1 aliphatic heterocycles. The Labute approximate surface area is 178 Å². The van der Waals surface area contributed by atoms with E-state index in [9.17, 15) is 9.59 Å². The van der Waals surface area contributed by atoms with E-state index in [0.29, 0.717) is 17.0 Å². The van der Waals surface area contributed by atoms with Gasteiger partial charge in [0.2, 0.25) is 0 Å². The number of thioether (sulfide) groups is 1. The SMILES string of the molecule is Cc1cccc(/C=C2\Sc3ccc(C(=O)NCc4cccs4)cc3N(C)C2=O)c1. The van der Waals surface area contributed by atoms with Gasteiger partial charge in [0.1, 0.15) is 0 Å². The zero-order valence-corrected chi connectivity index (χ0v) is 17.8. The van der Waals surface area contributed by atoms with Crippen LogP contribution in [0.3, 0.4) is 0 Å². The number of carbonyl (C=O) groups excluding carboxylic acids is 2. The molecule has 0 spiro atoms. The van der Waals surface area contributed by atoms with Gasteiger partial charge in [-0.1, -0.05) is 47.7 Å². The predicted molar refractivity (Wildman–Crippen MR) is 120 cm³/mol. The molecule has 4 nitrogen and oxygen atoms in total. The summed E-state index contributed by atoms with van der Waals surface area (Å²) in [4.78, 5) is 29.7. The molecule has 0 atom stereocenters. The van der Waals surface area contributed by atoms with Crippen LogP contribution in [-0.4, -0.2) is 18.9 Å². The van der Waals surface area contributed by atoms with Crippen molar-refractivity contribution in [2.24, 2.45) is 0 Å². The van der Waals surface area contributed by atoms with E-state index in [4.69, 9.17) is 0 Å². The molecule has 0 unspecified atom stereocenters. The molecular formula is C23H20N2O2S2. The summed E-state index contributed by atoms with van der Waals surface area (Å²) in [7, 11) is 1.75. The number of hydrogen-bond donors (Lipinski definition) is 1. The summed E-state index contributed by atoms with van der Waals surface area (Å²) in [6.45, 7) is 2.53. The first kappa shape index (κ1) is 19.5. The van der Waals surface area contributed by atoms with Crippen molar-refractivity contribution in [1.82, 2.24) is 5.32 Å². The quantitative estimate of drug-likeness (QED) is 0.598. The first-order valence-electron chi connectivity index (χ1n) is 9.20. The monoisotopic (exact) mass is 420 g/mol. The van der Waals surface area contributed by atoms with E-state index in [1.54, 1.807) is 29.4 Å². The van der Waals surface area contributed by atoms with Crippen LogP contribution in [0.1, 0.15) is 26.4 Å². The van der Waals surface area contributed by atoms with Gasteiger partial charge in [0.15, 0.2) is 0 Å². The van der Waals surface area contributed by atoms with Crippen molar-refractivity contribution >= 4 is 46.7 Å². The summed E-state index contributed by atoms with van der Waals surface area (Å²) >= 11 is 3.05. The molecule has 1 aromatic heterocycles. The van der Waals surface area contributed by atoms with Gasteiger partial charge < -0.3 is 10.2 Å². The van der Waals surface area contributed by atoms with Gasteiger partial charge in [0, 0.05) is 22.4 Å². The summed E-state index contributed by atoms with van der Waals surface area (Å²) in [6, 6.07) is 17.5. The van der Waals surface area contributed by atoms with Crippen LogP contribution in [0.5, 0.6) is 0 Å². The van der Waals surface area contributed by atoms with Gasteiger partial charge in [-0.05, 0) is 48.2 Å². The molecule has 146 valence electrons. The van der Waals surface area contributed by atoms with E-state index in [1.807, 2.05) is 60.8 Å². The van der Waals surface area contributed by atoms with Crippen molar-refractivity contribution in [2.75, 3.05) is 11.9 Å². The van der Waals surface area contributed by atoms with Crippen LogP contribution in [0, 0.1) is 6.92 Å². The van der Waals surface area contributed by atoms with E-state index in [2.05, 4.69) is 11.4 Å². The summed E-state index contributed by atoms with van der Waals surface area (Å²) in [6.07, 6.45) is 1.92. The maximum Gasteiger partial charge on any atom is 0.264 e. The molecule has 2 aromatic carbocycles. The third-order valence-electron chi connectivity index (χ3n) is 4.66. The number of nitrogens with one attached hydrogen (secondary N) is 1. The number of thiophene rings is 1. The molecule has 29 heavy (non-hydrogen) atoms. The average molecular weight is 421 g/mol. The lowest BCUT2D eigenvalue weighted by Gasteiger charge is -2.27. The van der Waals surface area contributed by atoms with Crippen molar-refractivity contribution in [1.29, 1.82) is 0 Å². The lowest BCUT2D eigenvalue weighted by Crippen LogP contribution is -2.30. The molecule has 0 aliphatic carbocycles. The normalized spacial score (nSPS) is 14.8. The molecule has 2 heterocycles. The maximum absolute atomic E-state index is 12.9. The zero-order chi connectivity index (χ0) is 20.4. The van der Waals surface area contributed by atoms with Crippen LogP contribution >= 0.6 is 23.1 Å². The molecule has 0 radical (unpaired) electrons. The summed E-state index contributed by atoms with van der Waals surface area (Å²) in [5, 5.41) is 4.92. The highest BCUT2D eigenvalue weighted by atomic mass is 32.2. The Morgan fingerprint density at radius 3 is 2.76 bits per heavy atom. The molecule has 0 fully saturated rings. The molecule has 6 heteroatoms. The largest absolute Gasteiger partial charge is 0.347 e. The number of anilines is 1. The highest BCUT2D eigenvalue weighted by Crippen LogP contribution is 2.42. The van der Waals surface area contributed by atoms with Crippen molar-refractivity contribution in [2.45, 2.75) is 18.4 Å². The number of hydrogen-bond acceptors (Lipinski definition) is 4. The molecule has 0 saturated heterocycles. The van der Waals surface area contributed by atoms with Crippen molar-refractivity contribution in [3.05, 3.63) is 86.5 Å². The van der Waals surface area contributed by atoms with Crippen LogP contribution in [0.4, 0.5) is 5.69 Å². The Bertz CT molecular complexity index is 1100. The van der Waals surface area contributed by atoms with Crippen LogP contribution in [0.25, 0.3) is 6.08 Å². The van der Waals surface area contributed by atoms with E-state index in [1.165, 1.54) is 11.8 Å². The van der Waals surface area contributed by atoms with Crippen molar-refractivity contribution < 1.29 is 9.59 Å². The number of likely N-dealkylation sites (N-methyl/N-ethyl adjacent to an activating group) is 1. The Hall–Kier alpha value is -2.83. The smallest absolute Gasteiger partial charge is 0.264 e. The van der Waals surface area contributed by atoms with Gasteiger partial charge in [0.05, 0.1) is 17.1 Å². The third-order valence-corrected chi connectivity index (χ3v) is 6.61. The fraction of sp³-hybridized carbons (Fsp3) is 0.130. The number of nitrogens with zero attached hydrogens (tertiary/aromatic N) is 1. The lowest BCUT2D eigenvalue weighted by molar-refractivity contribution is -0.114. The van der Waals surface area contributed by atoms with Gasteiger partial charge >= 0.3 is 0 Å². The summed E-state index contributed by atoms with van der Waals surface area (Å²) in [5.41, 5.74) is 3.46. The molecule has 2 amide bonds. The number of carbonyl (C=O) groups is 2. The minimum Gasteiger partial charge on any atom is -0.347 e. The predicted octanol–water partition coefficient (Wildman–Crippen LogP) is 5.10. The minimum atomic E-state index is -0.145. The second kappa shape index (κ2) is 8.27. The van der Waals surface area contributed by atoms with E-state index in [0.717, 1.165) is 26.6 Å². The number of amides is 2. The Morgan fingerprint density at radius 1 is 1.14 bits per heavy atom. The van der Waals surface area contributed by atoms with Gasteiger partial charge in [-0.15, -0.1) is 11.3 Å². The second-order valence-corrected chi connectivity index (χ2v) is 8.95. The third kappa shape index (κ3) is 4.28. The molecule has 1 aliphatic rings. The molecule has 3 aromatic rings. The van der Waals surface area contributed by atoms with Crippen LogP contribution in [0.15, 0.2) is 69.8 Å². The molecule has 0 saturated carbocycles. The van der Waals surface area contributed by atoms with Gasteiger partial charge in [0.25, 0.3) is 11.8 Å². The number of rotatable bonds is 4. The Kier molecular flexibility index (Phi) is 5.56. The molecular weight excluding hydrogens is 400 g/mol. The fourth-order valence-corrected chi connectivity index (χ4v) is 4.87. The standard InChI is InChI=1S/C23H20N2O2S2/c1-15-5-3-6-16(11-15)12-21-23(27)25(2)19-13-17(8-9-20(19)29-21)22(26)24-14-18-7-4-10-28-18/h3-13H,14H2,1-2H3,(H,24,26)/b21-12-. The van der Waals surface area contributed by atoms with Gasteiger partial charge in [-0.25, -0.2) is 0 Å². The summed E-state index contributed by atoms with van der Waals surface area (Å²) in [5.74, 6) is -0.215.